The van der Waals surface area contributed by atoms with Crippen LogP contribution in [0.25, 0.3) is 0 Å². The molecule has 0 unspecified atom stereocenters. The number of nitrogens with zero attached hydrogens (tertiary/aromatic N) is 4. The second-order valence-electron chi connectivity index (χ2n) is 11.3. The largest absolute Gasteiger partial charge is 0.481 e. The molecule has 1 spiro atoms. The maximum Gasteiger partial charge on any atom is 0.281 e. The van der Waals surface area contributed by atoms with Crippen molar-refractivity contribution in [2.24, 2.45) is 5.92 Å². The zero-order valence-electron chi connectivity index (χ0n) is 23.4. The van der Waals surface area contributed by atoms with Gasteiger partial charge in [0.1, 0.15) is 11.1 Å². The SMILES string of the molecule is COc1cc(C(=O)N2CC3(C2)C(=O)N(C[C@H]2CC[C@H](NC(=O)c4cc(Cl)cnc4C(F)F)CC2)c2ccccc23)ccn1. The molecule has 1 saturated carbocycles. The average molecular weight is 610 g/mol. The summed E-state index contributed by atoms with van der Waals surface area (Å²) >= 11 is 5.91. The van der Waals surface area contributed by atoms with Crippen LogP contribution in [0.5, 0.6) is 5.88 Å². The minimum atomic E-state index is -2.89. The second kappa shape index (κ2) is 11.5. The third kappa shape index (κ3) is 5.30. The minimum absolute atomic E-state index is 0.00605. The third-order valence-electron chi connectivity index (χ3n) is 8.72. The van der Waals surface area contributed by atoms with Gasteiger partial charge < -0.3 is 19.9 Å². The first-order valence-electron chi connectivity index (χ1n) is 14.2. The summed E-state index contributed by atoms with van der Waals surface area (Å²) in [6.45, 7) is 1.11. The van der Waals surface area contributed by atoms with Gasteiger partial charge in [-0.05, 0) is 55.4 Å². The lowest BCUT2D eigenvalue weighted by atomic mass is 9.74. The van der Waals surface area contributed by atoms with E-state index in [1.165, 1.54) is 19.4 Å². The number of amides is 3. The van der Waals surface area contributed by atoms with Gasteiger partial charge in [-0.15, -0.1) is 0 Å². The Kier molecular flexibility index (Phi) is 7.76. The summed E-state index contributed by atoms with van der Waals surface area (Å²) in [5.74, 6) is -0.248. The number of anilines is 1. The molecule has 43 heavy (non-hydrogen) atoms. The quantitative estimate of drug-likeness (QED) is 0.412. The van der Waals surface area contributed by atoms with Crippen molar-refractivity contribution in [1.82, 2.24) is 20.2 Å². The van der Waals surface area contributed by atoms with Gasteiger partial charge in [0.25, 0.3) is 18.2 Å². The summed E-state index contributed by atoms with van der Waals surface area (Å²) < 4.78 is 31.9. The van der Waals surface area contributed by atoms with Crippen molar-refractivity contribution in [2.45, 2.75) is 43.6 Å². The number of methoxy groups -OCH3 is 1. The fraction of sp³-hybridized carbons (Fsp3) is 0.387. The normalized spacial score (nSPS) is 20.6. The van der Waals surface area contributed by atoms with Crippen LogP contribution in [-0.2, 0) is 10.2 Å². The van der Waals surface area contributed by atoms with Crippen LogP contribution in [0.2, 0.25) is 5.02 Å². The monoisotopic (exact) mass is 609 g/mol. The minimum Gasteiger partial charge on any atom is -0.481 e. The van der Waals surface area contributed by atoms with Crippen LogP contribution in [0, 0.1) is 5.92 Å². The maximum absolute atomic E-state index is 13.9. The molecule has 2 fully saturated rings. The van der Waals surface area contributed by atoms with E-state index in [0.717, 1.165) is 30.3 Å². The van der Waals surface area contributed by atoms with Crippen molar-refractivity contribution in [3.63, 3.8) is 0 Å². The number of ether oxygens (including phenoxy) is 1. The number of carbonyl (C=O) groups excluding carboxylic acids is 3. The van der Waals surface area contributed by atoms with Crippen molar-refractivity contribution < 1.29 is 27.9 Å². The summed E-state index contributed by atoms with van der Waals surface area (Å²) in [6.07, 6.45) is 2.56. The van der Waals surface area contributed by atoms with Gasteiger partial charge in [-0.1, -0.05) is 29.8 Å². The first-order chi connectivity index (χ1) is 20.7. The zero-order chi connectivity index (χ0) is 30.3. The highest BCUT2D eigenvalue weighted by atomic mass is 35.5. The number of pyridine rings is 2. The lowest BCUT2D eigenvalue weighted by molar-refractivity contribution is -0.128. The number of rotatable bonds is 7. The number of halogens is 3. The first kappa shape index (κ1) is 29.0. The molecule has 3 aromatic rings. The third-order valence-corrected chi connectivity index (χ3v) is 8.93. The Balaban J connectivity index is 1.09. The molecular weight excluding hydrogens is 580 g/mol. The molecule has 2 aliphatic heterocycles. The van der Waals surface area contributed by atoms with Gasteiger partial charge in [-0.25, -0.2) is 13.8 Å². The molecule has 4 heterocycles. The number of alkyl halides is 2. The van der Waals surface area contributed by atoms with Crippen LogP contribution in [0.1, 0.15) is 64.1 Å². The van der Waals surface area contributed by atoms with E-state index in [1.807, 2.05) is 29.2 Å². The van der Waals surface area contributed by atoms with E-state index in [2.05, 4.69) is 15.3 Å². The van der Waals surface area contributed by atoms with E-state index in [9.17, 15) is 23.2 Å². The zero-order valence-corrected chi connectivity index (χ0v) is 24.2. The molecule has 9 nitrogen and oxygen atoms in total. The highest BCUT2D eigenvalue weighted by Crippen LogP contribution is 2.48. The van der Waals surface area contributed by atoms with Crippen LogP contribution in [0.15, 0.2) is 54.9 Å². The van der Waals surface area contributed by atoms with E-state index in [1.54, 1.807) is 17.0 Å². The summed E-state index contributed by atoms with van der Waals surface area (Å²) in [5.41, 5.74) is 0.675. The number of benzene rings is 1. The van der Waals surface area contributed by atoms with Crippen LogP contribution in [0.4, 0.5) is 14.5 Å². The highest BCUT2D eigenvalue weighted by molar-refractivity contribution is 6.30. The van der Waals surface area contributed by atoms with Gasteiger partial charge in [-0.3, -0.25) is 19.4 Å². The van der Waals surface area contributed by atoms with Gasteiger partial charge in [0.05, 0.1) is 17.7 Å². The number of hydrogen-bond acceptors (Lipinski definition) is 6. The van der Waals surface area contributed by atoms with E-state index >= 15 is 0 Å². The molecule has 2 aromatic heterocycles. The molecule has 0 bridgehead atoms. The van der Waals surface area contributed by atoms with Crippen molar-refractivity contribution >= 4 is 35.0 Å². The number of para-hydroxylation sites is 1. The Morgan fingerprint density at radius 2 is 1.86 bits per heavy atom. The number of carbonyl (C=O) groups is 3. The Labute approximate surface area is 252 Å². The summed E-state index contributed by atoms with van der Waals surface area (Å²) in [6, 6.07) is 12.0. The number of hydrogen-bond donors (Lipinski definition) is 1. The van der Waals surface area contributed by atoms with Crippen LogP contribution < -0.4 is 15.0 Å². The van der Waals surface area contributed by atoms with Crippen molar-refractivity contribution in [2.75, 3.05) is 31.6 Å². The molecule has 12 heteroatoms. The van der Waals surface area contributed by atoms with Crippen LogP contribution in [-0.4, -0.2) is 65.4 Å². The summed E-state index contributed by atoms with van der Waals surface area (Å²) in [4.78, 5) is 51.1. The fourth-order valence-electron chi connectivity index (χ4n) is 6.49. The van der Waals surface area contributed by atoms with E-state index in [4.69, 9.17) is 16.3 Å². The number of nitrogens with one attached hydrogen (secondary N) is 1. The average Bonchev–Trinajstić information content (AvgIpc) is 3.24. The summed E-state index contributed by atoms with van der Waals surface area (Å²) in [5, 5.41) is 2.98. The van der Waals surface area contributed by atoms with Crippen molar-refractivity contribution in [3.05, 3.63) is 82.3 Å². The van der Waals surface area contributed by atoms with Gasteiger partial charge in [0, 0.05) is 55.4 Å². The van der Waals surface area contributed by atoms with Crippen molar-refractivity contribution in [3.8, 4) is 5.88 Å². The first-order valence-corrected chi connectivity index (χ1v) is 14.5. The number of likely N-dealkylation sites (tertiary alicyclic amines) is 1. The molecule has 224 valence electrons. The fourth-order valence-corrected chi connectivity index (χ4v) is 6.64. The Morgan fingerprint density at radius 1 is 1.12 bits per heavy atom. The van der Waals surface area contributed by atoms with Gasteiger partial charge in [0.2, 0.25) is 11.8 Å². The molecule has 3 amide bonds. The lowest BCUT2D eigenvalue weighted by Crippen LogP contribution is -2.65. The Hall–Kier alpha value is -4.12. The lowest BCUT2D eigenvalue weighted by Gasteiger charge is -2.47. The van der Waals surface area contributed by atoms with Gasteiger partial charge >= 0.3 is 0 Å². The molecule has 1 aromatic carbocycles. The molecule has 3 aliphatic rings. The maximum atomic E-state index is 13.9. The standard InChI is InChI=1S/C31H30ClF2N5O4/c1-43-25-12-19(10-11-35-25)29(41)38-16-31(17-38)23-4-2-3-5-24(23)39(30(31)42)15-18-6-8-21(9-7-18)37-28(40)22-13-20(32)14-36-26(22)27(33)34/h2-5,10-14,18,21,27H,6-9,15-17H2,1H3,(H,37,40)/t18-,21-. The topological polar surface area (TPSA) is 105 Å². The molecule has 6 rings (SSSR count). The highest BCUT2D eigenvalue weighted by Gasteiger charge is 2.59. The van der Waals surface area contributed by atoms with Crippen molar-refractivity contribution in [1.29, 1.82) is 0 Å². The van der Waals surface area contributed by atoms with E-state index < -0.39 is 23.4 Å². The predicted molar refractivity (Wildman–Crippen MR) is 155 cm³/mol. The molecule has 1 N–H and O–H groups in total. The number of fused-ring (bicyclic) bond motifs is 2. The van der Waals surface area contributed by atoms with Crippen LogP contribution in [0.3, 0.4) is 0 Å². The Bertz CT molecular complexity index is 1570. The van der Waals surface area contributed by atoms with Crippen LogP contribution >= 0.6 is 11.6 Å². The molecule has 0 atom stereocenters. The Morgan fingerprint density at radius 3 is 2.58 bits per heavy atom. The molecular formula is C31H30ClF2N5O4. The van der Waals surface area contributed by atoms with Gasteiger partial charge in [-0.2, -0.15) is 0 Å². The predicted octanol–water partition coefficient (Wildman–Crippen LogP) is 4.81. The van der Waals surface area contributed by atoms with E-state index in [0.29, 0.717) is 43.9 Å². The second-order valence-corrected chi connectivity index (χ2v) is 11.8. The van der Waals surface area contributed by atoms with Gasteiger partial charge in [0.15, 0.2) is 0 Å². The summed E-state index contributed by atoms with van der Waals surface area (Å²) in [7, 11) is 1.49. The molecule has 1 aliphatic carbocycles. The smallest absolute Gasteiger partial charge is 0.281 e. The number of aromatic nitrogens is 2. The molecule has 1 saturated heterocycles. The molecule has 0 radical (unpaired) electrons. The van der Waals surface area contributed by atoms with E-state index in [-0.39, 0.29) is 34.4 Å².